The highest BCUT2D eigenvalue weighted by molar-refractivity contribution is 7.92. The van der Waals surface area contributed by atoms with Crippen LogP contribution in [0.3, 0.4) is 0 Å². The molecule has 5 nitrogen and oxygen atoms in total. The van der Waals surface area contributed by atoms with Crippen LogP contribution in [0, 0.1) is 12.8 Å². The Kier molecular flexibility index (Phi) is 7.13. The fraction of sp³-hybridized carbons (Fsp3) is 0.240. The van der Waals surface area contributed by atoms with Gasteiger partial charge in [-0.1, -0.05) is 67.9 Å². The maximum Gasteiger partial charge on any atom is 0.261 e. The summed E-state index contributed by atoms with van der Waals surface area (Å²) in [6.45, 7) is 6.14. The van der Waals surface area contributed by atoms with Gasteiger partial charge in [0, 0.05) is 11.3 Å². The number of nitrogens with one attached hydrogen (secondary N) is 2. The third-order valence-electron chi connectivity index (χ3n) is 4.92. The summed E-state index contributed by atoms with van der Waals surface area (Å²) in [4.78, 5) is 13.0. The van der Waals surface area contributed by atoms with Crippen molar-refractivity contribution in [1.82, 2.24) is 5.32 Å². The molecule has 0 spiro atoms. The van der Waals surface area contributed by atoms with Gasteiger partial charge in [0.25, 0.3) is 15.9 Å². The molecular weight excluding hydrogens is 408 g/mol. The minimum absolute atomic E-state index is 0.0424. The predicted octanol–water partition coefficient (Wildman–Crippen LogP) is 5.31. The molecule has 0 saturated carbocycles. The molecule has 3 aromatic carbocycles. The van der Waals surface area contributed by atoms with Gasteiger partial charge < -0.3 is 5.32 Å². The van der Waals surface area contributed by atoms with Gasteiger partial charge in [0.15, 0.2) is 0 Å². The normalized spacial score (nSPS) is 12.4. The van der Waals surface area contributed by atoms with Crippen LogP contribution < -0.4 is 10.0 Å². The van der Waals surface area contributed by atoms with Crippen LogP contribution in [0.4, 0.5) is 5.69 Å². The van der Waals surface area contributed by atoms with Gasteiger partial charge in [-0.25, -0.2) is 8.42 Å². The molecule has 0 heterocycles. The molecule has 0 unspecified atom stereocenters. The van der Waals surface area contributed by atoms with Crippen molar-refractivity contribution in [2.24, 2.45) is 5.92 Å². The van der Waals surface area contributed by atoms with E-state index in [1.807, 2.05) is 49.4 Å². The molecule has 0 aliphatic heterocycles. The van der Waals surface area contributed by atoms with E-state index in [4.69, 9.17) is 0 Å². The highest BCUT2D eigenvalue weighted by Crippen LogP contribution is 2.23. The van der Waals surface area contributed by atoms with Crippen molar-refractivity contribution in [2.75, 3.05) is 4.72 Å². The molecule has 0 aliphatic rings. The summed E-state index contributed by atoms with van der Waals surface area (Å²) in [6, 6.07) is 22.8. The van der Waals surface area contributed by atoms with Crippen LogP contribution in [0.15, 0.2) is 83.8 Å². The molecule has 0 saturated heterocycles. The Morgan fingerprint density at radius 2 is 1.58 bits per heavy atom. The minimum atomic E-state index is -3.81. The summed E-state index contributed by atoms with van der Waals surface area (Å²) in [5.74, 6) is 0.0813. The second-order valence-corrected chi connectivity index (χ2v) is 9.75. The first-order valence-electron chi connectivity index (χ1n) is 10.3. The number of anilines is 1. The van der Waals surface area contributed by atoms with Gasteiger partial charge in [-0.15, -0.1) is 0 Å². The van der Waals surface area contributed by atoms with Crippen LogP contribution in [-0.4, -0.2) is 14.3 Å². The van der Waals surface area contributed by atoms with Crippen LogP contribution in [0.25, 0.3) is 0 Å². The Hall–Kier alpha value is -3.12. The molecule has 0 fully saturated rings. The average molecular weight is 437 g/mol. The molecule has 0 aromatic heterocycles. The van der Waals surface area contributed by atoms with Gasteiger partial charge in [-0.3, -0.25) is 9.52 Å². The number of aryl methyl sites for hydroxylation is 1. The topological polar surface area (TPSA) is 75.3 Å². The predicted molar refractivity (Wildman–Crippen MR) is 125 cm³/mol. The number of rotatable bonds is 8. The molecule has 0 radical (unpaired) electrons. The number of sulfonamides is 1. The molecule has 31 heavy (non-hydrogen) atoms. The van der Waals surface area contributed by atoms with Crippen molar-refractivity contribution in [1.29, 1.82) is 0 Å². The Labute approximate surface area is 184 Å². The Morgan fingerprint density at radius 1 is 0.903 bits per heavy atom. The first-order chi connectivity index (χ1) is 14.7. The van der Waals surface area contributed by atoms with E-state index in [9.17, 15) is 13.2 Å². The van der Waals surface area contributed by atoms with Gasteiger partial charge in [-0.2, -0.15) is 0 Å². The second kappa shape index (κ2) is 9.79. The molecule has 1 atom stereocenters. The molecule has 3 aromatic rings. The van der Waals surface area contributed by atoms with Crippen LogP contribution in [0.2, 0.25) is 0 Å². The van der Waals surface area contributed by atoms with Gasteiger partial charge in [0.05, 0.1) is 10.9 Å². The Balaban J connectivity index is 1.80. The zero-order valence-corrected chi connectivity index (χ0v) is 18.8. The summed E-state index contributed by atoms with van der Waals surface area (Å²) in [5.41, 5.74) is 2.84. The SMILES string of the molecule is Cc1ccc(NS(=O)(=O)c2cccc(C(=O)N[C@@H](CC(C)C)c3ccccc3)c2)cc1. The van der Waals surface area contributed by atoms with E-state index in [0.29, 0.717) is 17.2 Å². The molecule has 3 rings (SSSR count). The number of hydrogen-bond donors (Lipinski definition) is 2. The maximum atomic E-state index is 13.0. The van der Waals surface area contributed by atoms with E-state index in [2.05, 4.69) is 23.9 Å². The smallest absolute Gasteiger partial charge is 0.261 e. The van der Waals surface area contributed by atoms with E-state index in [1.165, 1.54) is 12.1 Å². The Morgan fingerprint density at radius 3 is 2.23 bits per heavy atom. The first-order valence-corrected chi connectivity index (χ1v) is 11.8. The molecular formula is C25H28N2O3S. The molecule has 162 valence electrons. The van der Waals surface area contributed by atoms with Crippen molar-refractivity contribution in [3.63, 3.8) is 0 Å². The van der Waals surface area contributed by atoms with E-state index in [0.717, 1.165) is 17.5 Å². The lowest BCUT2D eigenvalue weighted by Gasteiger charge is -2.21. The van der Waals surface area contributed by atoms with Crippen LogP contribution in [-0.2, 0) is 10.0 Å². The van der Waals surface area contributed by atoms with Crippen molar-refractivity contribution < 1.29 is 13.2 Å². The molecule has 2 N–H and O–H groups in total. The number of carbonyl (C=O) groups is 1. The van der Waals surface area contributed by atoms with Gasteiger partial charge >= 0.3 is 0 Å². The lowest BCUT2D eigenvalue weighted by molar-refractivity contribution is 0.0931. The number of benzene rings is 3. The average Bonchev–Trinajstić information content (AvgIpc) is 2.75. The minimum Gasteiger partial charge on any atom is -0.345 e. The molecule has 0 bridgehead atoms. The van der Waals surface area contributed by atoms with Crippen molar-refractivity contribution in [3.05, 3.63) is 95.6 Å². The summed E-state index contributed by atoms with van der Waals surface area (Å²) in [6.07, 6.45) is 0.780. The number of hydrogen-bond acceptors (Lipinski definition) is 3. The summed E-state index contributed by atoms with van der Waals surface area (Å²) >= 11 is 0. The third kappa shape index (κ3) is 6.18. The monoisotopic (exact) mass is 436 g/mol. The zero-order valence-electron chi connectivity index (χ0n) is 18.0. The van der Waals surface area contributed by atoms with Crippen molar-refractivity contribution in [3.8, 4) is 0 Å². The summed E-state index contributed by atoms with van der Waals surface area (Å²) < 4.78 is 28.2. The van der Waals surface area contributed by atoms with Crippen LogP contribution in [0.5, 0.6) is 0 Å². The van der Waals surface area contributed by atoms with Crippen molar-refractivity contribution in [2.45, 2.75) is 38.1 Å². The summed E-state index contributed by atoms with van der Waals surface area (Å²) in [5, 5.41) is 3.06. The largest absolute Gasteiger partial charge is 0.345 e. The summed E-state index contributed by atoms with van der Waals surface area (Å²) in [7, 11) is -3.81. The third-order valence-corrected chi connectivity index (χ3v) is 6.30. The lowest BCUT2D eigenvalue weighted by Crippen LogP contribution is -2.29. The molecule has 0 aliphatic carbocycles. The number of amides is 1. The fourth-order valence-electron chi connectivity index (χ4n) is 3.32. The zero-order chi connectivity index (χ0) is 22.4. The Bertz CT molecular complexity index is 1120. The van der Waals surface area contributed by atoms with Gasteiger partial charge in [-0.05, 0) is 55.2 Å². The lowest BCUT2D eigenvalue weighted by atomic mass is 9.96. The highest BCUT2D eigenvalue weighted by atomic mass is 32.2. The van der Waals surface area contributed by atoms with Crippen LogP contribution >= 0.6 is 0 Å². The van der Waals surface area contributed by atoms with E-state index in [-0.39, 0.29) is 16.8 Å². The van der Waals surface area contributed by atoms with Gasteiger partial charge in [0.1, 0.15) is 0 Å². The number of carbonyl (C=O) groups excluding carboxylic acids is 1. The fourth-order valence-corrected chi connectivity index (χ4v) is 4.42. The molecule has 6 heteroatoms. The highest BCUT2D eigenvalue weighted by Gasteiger charge is 2.20. The first kappa shape index (κ1) is 22.6. The quantitative estimate of drug-likeness (QED) is 0.502. The van der Waals surface area contributed by atoms with Crippen molar-refractivity contribution >= 4 is 21.6 Å². The second-order valence-electron chi connectivity index (χ2n) is 8.07. The standard InChI is InChI=1S/C25H28N2O3S/c1-18(2)16-24(20-8-5-4-6-9-20)26-25(28)21-10-7-11-23(17-21)31(29,30)27-22-14-12-19(3)13-15-22/h4-15,17-18,24,27H,16H2,1-3H3,(H,26,28)/t24-/m0/s1. The van der Waals surface area contributed by atoms with E-state index in [1.54, 1.807) is 24.3 Å². The van der Waals surface area contributed by atoms with E-state index >= 15 is 0 Å². The van der Waals surface area contributed by atoms with E-state index < -0.39 is 10.0 Å². The maximum absolute atomic E-state index is 13.0. The van der Waals surface area contributed by atoms with Gasteiger partial charge in [0.2, 0.25) is 0 Å². The molecule has 1 amide bonds. The van der Waals surface area contributed by atoms with Crippen LogP contribution in [0.1, 0.15) is 47.8 Å².